The van der Waals surface area contributed by atoms with Crippen molar-refractivity contribution in [3.05, 3.63) is 100 Å². The molecule has 1 amide bonds. The largest absolute Gasteiger partial charge is 0.507 e. The Morgan fingerprint density at radius 2 is 1.57 bits per heavy atom. The van der Waals surface area contributed by atoms with E-state index < -0.39 is 17.7 Å². The van der Waals surface area contributed by atoms with Crippen molar-refractivity contribution in [1.29, 1.82) is 0 Å². The van der Waals surface area contributed by atoms with Gasteiger partial charge in [-0.2, -0.15) is 0 Å². The molecule has 1 aliphatic heterocycles. The Balaban J connectivity index is 1.48. The van der Waals surface area contributed by atoms with Crippen molar-refractivity contribution in [2.45, 2.75) is 49.2 Å². The third kappa shape index (κ3) is 7.26. The first-order valence-electron chi connectivity index (χ1n) is 14.4. The minimum absolute atomic E-state index is 0.0255. The number of aliphatic hydroxyl groups is 1. The van der Waals surface area contributed by atoms with Gasteiger partial charge in [-0.05, 0) is 72.5 Å². The van der Waals surface area contributed by atoms with Gasteiger partial charge >= 0.3 is 5.91 Å². The molecule has 2 heterocycles. The first-order chi connectivity index (χ1) is 21.4. The first-order valence-corrected chi connectivity index (χ1v) is 16.5. The van der Waals surface area contributed by atoms with Crippen molar-refractivity contribution in [3.8, 4) is 11.5 Å². The molecule has 3 aromatic carbocycles. The van der Waals surface area contributed by atoms with Gasteiger partial charge in [0.05, 0.1) is 24.8 Å². The number of nitrogens with zero attached hydrogens (tertiary/aromatic N) is 3. The molecule has 0 unspecified atom stereocenters. The van der Waals surface area contributed by atoms with Crippen LogP contribution < -0.4 is 14.4 Å². The van der Waals surface area contributed by atoms with Crippen LogP contribution in [0.3, 0.4) is 0 Å². The number of benzene rings is 3. The highest BCUT2D eigenvalue weighted by Crippen LogP contribution is 2.44. The zero-order chi connectivity index (χ0) is 31.1. The molecule has 1 atom stereocenters. The number of unbranched alkanes of at least 4 members (excludes halogenated alkanes) is 1. The molecule has 1 fully saturated rings. The maximum Gasteiger partial charge on any atom is 0.301 e. The molecule has 4 aromatic rings. The van der Waals surface area contributed by atoms with Crippen molar-refractivity contribution in [2.75, 3.05) is 18.1 Å². The molecule has 44 heavy (non-hydrogen) atoms. The number of rotatable bonds is 13. The number of carbonyl (C=O) groups is 2. The molecule has 1 aromatic heterocycles. The van der Waals surface area contributed by atoms with Gasteiger partial charge in [-0.1, -0.05) is 79.2 Å². The zero-order valence-corrected chi connectivity index (χ0v) is 26.8. The quantitative estimate of drug-likeness (QED) is 0.0387. The van der Waals surface area contributed by atoms with Gasteiger partial charge in [0.25, 0.3) is 5.78 Å². The van der Waals surface area contributed by atoms with Crippen molar-refractivity contribution < 1.29 is 24.2 Å². The Morgan fingerprint density at radius 3 is 2.23 bits per heavy atom. The summed E-state index contributed by atoms with van der Waals surface area (Å²) in [7, 11) is 0. The van der Waals surface area contributed by atoms with Gasteiger partial charge in [-0.3, -0.25) is 14.5 Å². The van der Waals surface area contributed by atoms with E-state index in [1.165, 1.54) is 28.0 Å². The number of amides is 1. The van der Waals surface area contributed by atoms with E-state index in [0.29, 0.717) is 51.0 Å². The lowest BCUT2D eigenvalue weighted by molar-refractivity contribution is -0.132. The summed E-state index contributed by atoms with van der Waals surface area (Å²) < 4.78 is 12.1. The molecular weight excluding hydrogens is 618 g/mol. The summed E-state index contributed by atoms with van der Waals surface area (Å²) >= 11 is 8.69. The normalized spacial score (nSPS) is 16.0. The predicted octanol–water partition coefficient (Wildman–Crippen LogP) is 8.08. The number of halogens is 1. The maximum atomic E-state index is 13.6. The second-order valence-electron chi connectivity index (χ2n) is 10.1. The fraction of sp³-hybridized carbons (Fsp3) is 0.273. The van der Waals surface area contributed by atoms with Crippen molar-refractivity contribution in [1.82, 2.24) is 10.2 Å². The van der Waals surface area contributed by atoms with E-state index in [-0.39, 0.29) is 16.5 Å². The van der Waals surface area contributed by atoms with E-state index in [4.69, 9.17) is 21.1 Å². The minimum atomic E-state index is -0.919. The van der Waals surface area contributed by atoms with Crippen LogP contribution in [0.15, 0.2) is 82.7 Å². The van der Waals surface area contributed by atoms with Crippen LogP contribution in [0, 0.1) is 0 Å². The molecule has 1 aliphatic rings. The summed E-state index contributed by atoms with van der Waals surface area (Å²) in [5, 5.41) is 21.0. The number of ketones is 1. The number of aliphatic hydroxyl groups excluding tert-OH is 1. The summed E-state index contributed by atoms with van der Waals surface area (Å²) in [6.07, 6.45) is 2.81. The highest BCUT2D eigenvalue weighted by Gasteiger charge is 2.48. The van der Waals surface area contributed by atoms with Gasteiger partial charge in [0.2, 0.25) is 5.13 Å². The van der Waals surface area contributed by atoms with Crippen LogP contribution in [0.25, 0.3) is 5.76 Å². The maximum absolute atomic E-state index is 13.6. The topological polar surface area (TPSA) is 102 Å². The van der Waals surface area contributed by atoms with E-state index in [0.717, 1.165) is 24.8 Å². The van der Waals surface area contributed by atoms with Crippen molar-refractivity contribution in [2.24, 2.45) is 0 Å². The molecule has 0 aliphatic carbocycles. The summed E-state index contributed by atoms with van der Waals surface area (Å²) in [6.45, 7) is 5.27. The highest BCUT2D eigenvalue weighted by molar-refractivity contribution is 8.00. The average Bonchev–Trinajstić information content (AvgIpc) is 3.61. The van der Waals surface area contributed by atoms with E-state index in [1.807, 2.05) is 31.2 Å². The van der Waals surface area contributed by atoms with E-state index in [2.05, 4.69) is 17.1 Å². The van der Waals surface area contributed by atoms with Crippen molar-refractivity contribution >= 4 is 57.3 Å². The second kappa shape index (κ2) is 14.7. The van der Waals surface area contributed by atoms with Crippen LogP contribution in [-0.4, -0.2) is 40.2 Å². The lowest BCUT2D eigenvalue weighted by Gasteiger charge is -2.22. The Bertz CT molecular complexity index is 1620. The van der Waals surface area contributed by atoms with Crippen LogP contribution in [0.4, 0.5) is 5.13 Å². The number of aromatic nitrogens is 2. The monoisotopic (exact) mass is 649 g/mol. The predicted molar refractivity (Wildman–Crippen MR) is 175 cm³/mol. The van der Waals surface area contributed by atoms with E-state index in [9.17, 15) is 14.7 Å². The smallest absolute Gasteiger partial charge is 0.301 e. The SMILES string of the molecule is CCCCOc1ccc(C(O)=C2C(=O)C(=O)N(c3nnc(SCc4ccc(Cl)cc4)s3)[C@@H]2c2ccc(OCCC)cc2)cc1. The molecule has 0 saturated carbocycles. The Labute approximate surface area is 269 Å². The fourth-order valence-corrected chi connectivity index (χ4v) is 6.54. The minimum Gasteiger partial charge on any atom is -0.507 e. The van der Waals surface area contributed by atoms with Crippen LogP contribution in [0.2, 0.25) is 5.02 Å². The molecule has 0 radical (unpaired) electrons. The van der Waals surface area contributed by atoms with Crippen LogP contribution in [-0.2, 0) is 15.3 Å². The van der Waals surface area contributed by atoms with Gasteiger partial charge in [0, 0.05) is 16.3 Å². The number of carbonyl (C=O) groups excluding carboxylic acids is 2. The number of anilines is 1. The molecule has 5 rings (SSSR count). The van der Waals surface area contributed by atoms with Crippen LogP contribution in [0.5, 0.6) is 11.5 Å². The lowest BCUT2D eigenvalue weighted by atomic mass is 9.95. The lowest BCUT2D eigenvalue weighted by Crippen LogP contribution is -2.29. The number of thioether (sulfide) groups is 1. The Morgan fingerprint density at radius 1 is 0.909 bits per heavy atom. The standard InChI is InChI=1S/C33H32ClN3O5S2/c1-3-5-19-42-26-16-10-23(11-17-26)29(38)27-28(22-8-14-25(15-9-22)41-18-4-2)37(31(40)30(27)39)32-35-36-33(44-32)43-20-21-6-12-24(34)13-7-21/h6-17,28,38H,3-5,18-20H2,1-2H3/t28-/m1/s1. The molecule has 8 nitrogen and oxygen atoms in total. The number of ether oxygens (including phenoxy) is 2. The average molecular weight is 650 g/mol. The summed E-state index contributed by atoms with van der Waals surface area (Å²) in [5.74, 6) is 0.102. The van der Waals surface area contributed by atoms with Gasteiger partial charge < -0.3 is 14.6 Å². The second-order valence-corrected chi connectivity index (χ2v) is 12.7. The zero-order valence-electron chi connectivity index (χ0n) is 24.4. The Hall–Kier alpha value is -3.86. The molecule has 1 saturated heterocycles. The van der Waals surface area contributed by atoms with Gasteiger partial charge in [0.1, 0.15) is 17.3 Å². The molecular formula is C33H32ClN3O5S2. The van der Waals surface area contributed by atoms with E-state index >= 15 is 0 Å². The molecule has 228 valence electrons. The molecule has 11 heteroatoms. The molecule has 1 N–H and O–H groups in total. The molecule has 0 spiro atoms. The highest BCUT2D eigenvalue weighted by atomic mass is 35.5. The molecule has 0 bridgehead atoms. The van der Waals surface area contributed by atoms with Crippen LogP contribution >= 0.6 is 34.7 Å². The third-order valence-corrected chi connectivity index (χ3v) is 9.26. The van der Waals surface area contributed by atoms with Gasteiger partial charge in [-0.25, -0.2) is 0 Å². The number of hydrogen-bond donors (Lipinski definition) is 1. The third-order valence-electron chi connectivity index (χ3n) is 6.88. The van der Waals surface area contributed by atoms with Gasteiger partial charge in [0.15, 0.2) is 4.34 Å². The number of hydrogen-bond acceptors (Lipinski definition) is 9. The fourth-order valence-electron chi connectivity index (χ4n) is 4.59. The summed E-state index contributed by atoms with van der Waals surface area (Å²) in [5.41, 5.74) is 2.06. The van der Waals surface area contributed by atoms with Crippen LogP contribution in [0.1, 0.15) is 55.8 Å². The van der Waals surface area contributed by atoms with Gasteiger partial charge in [-0.15, -0.1) is 10.2 Å². The van der Waals surface area contributed by atoms with E-state index in [1.54, 1.807) is 48.5 Å². The van der Waals surface area contributed by atoms with Crippen molar-refractivity contribution in [3.63, 3.8) is 0 Å². The summed E-state index contributed by atoms with van der Waals surface area (Å²) in [4.78, 5) is 28.5. The Kier molecular flexibility index (Phi) is 10.6. The summed E-state index contributed by atoms with van der Waals surface area (Å²) in [6, 6.07) is 20.6. The first kappa shape index (κ1) is 31.6. The number of Topliss-reactive ketones (excluding diaryl/α,β-unsaturated/α-hetero) is 1.